The van der Waals surface area contributed by atoms with Gasteiger partial charge < -0.3 is 20.3 Å². The minimum atomic E-state index is -0.854. The third kappa shape index (κ3) is 48.1. The van der Waals surface area contributed by atoms with Gasteiger partial charge in [0.25, 0.3) is 0 Å². The van der Waals surface area contributed by atoms with Crippen molar-refractivity contribution < 1.29 is 24.5 Å². The molecular formula is C56H109NO5. The fraction of sp³-hybridized carbons (Fsp3) is 0.929. The van der Waals surface area contributed by atoms with Crippen molar-refractivity contribution in [3.05, 3.63) is 12.2 Å². The van der Waals surface area contributed by atoms with Gasteiger partial charge in [0.1, 0.15) is 0 Å². The lowest BCUT2D eigenvalue weighted by Crippen LogP contribution is -2.45. The largest absolute Gasteiger partial charge is 0.466 e. The third-order valence-corrected chi connectivity index (χ3v) is 13.1. The summed E-state index contributed by atoms with van der Waals surface area (Å²) in [5.41, 5.74) is 0. The minimum Gasteiger partial charge on any atom is -0.466 e. The van der Waals surface area contributed by atoms with E-state index in [1.165, 1.54) is 225 Å². The summed E-state index contributed by atoms with van der Waals surface area (Å²) >= 11 is 0. The van der Waals surface area contributed by atoms with E-state index in [0.717, 1.165) is 57.8 Å². The van der Waals surface area contributed by atoms with E-state index >= 15 is 0 Å². The molecule has 6 heteroatoms. The molecule has 0 aromatic carbocycles. The molecule has 62 heavy (non-hydrogen) atoms. The number of carbonyl (C=O) groups is 2. The van der Waals surface area contributed by atoms with Crippen LogP contribution in [0.15, 0.2) is 12.2 Å². The number of nitrogens with one attached hydrogen (secondary N) is 1. The van der Waals surface area contributed by atoms with Gasteiger partial charge in [-0.1, -0.05) is 276 Å². The Bertz CT molecular complexity index is 924. The average molecular weight is 876 g/mol. The molecule has 0 aromatic rings. The van der Waals surface area contributed by atoms with Crippen LogP contribution in [0.5, 0.6) is 0 Å². The standard InChI is InChI=1S/C56H109NO5/c1-3-5-7-9-11-13-15-17-19-20-21-23-24-28-32-36-40-44-48-54(59)53(52-58)57-55(60)49-45-41-37-33-29-26-27-31-35-39-43-47-51-62-56(61)50-46-42-38-34-30-25-22-18-16-14-12-10-8-6-4-2/h44,48,53-54,58-59H,3-43,45-47,49-52H2,1-2H3,(H,57,60)/b48-44+. The maximum absolute atomic E-state index is 12.5. The number of hydrogen-bond donors (Lipinski definition) is 3. The average Bonchev–Trinajstić information content (AvgIpc) is 3.27. The lowest BCUT2D eigenvalue weighted by molar-refractivity contribution is -0.143. The Labute approximate surface area is 387 Å². The van der Waals surface area contributed by atoms with Crippen LogP contribution in [-0.2, 0) is 14.3 Å². The van der Waals surface area contributed by atoms with E-state index in [-0.39, 0.29) is 18.5 Å². The Hall–Kier alpha value is -1.40. The highest BCUT2D eigenvalue weighted by Crippen LogP contribution is 2.17. The number of aliphatic hydroxyl groups excluding tert-OH is 2. The van der Waals surface area contributed by atoms with Gasteiger partial charge in [-0.05, 0) is 32.1 Å². The Morgan fingerprint density at radius 2 is 0.742 bits per heavy atom. The molecule has 1 amide bonds. The molecule has 0 aromatic heterocycles. The zero-order valence-corrected chi connectivity index (χ0v) is 41.9. The number of unbranched alkanes of at least 4 members (excludes halogenated alkanes) is 41. The van der Waals surface area contributed by atoms with Crippen molar-refractivity contribution in [3.8, 4) is 0 Å². The molecule has 0 aliphatic carbocycles. The van der Waals surface area contributed by atoms with Crippen molar-refractivity contribution >= 4 is 11.9 Å². The second-order valence-electron chi connectivity index (χ2n) is 19.3. The van der Waals surface area contributed by atoms with Gasteiger partial charge in [-0.25, -0.2) is 0 Å². The monoisotopic (exact) mass is 876 g/mol. The van der Waals surface area contributed by atoms with E-state index < -0.39 is 12.1 Å². The van der Waals surface area contributed by atoms with Crippen molar-refractivity contribution in [2.24, 2.45) is 0 Å². The molecule has 0 rings (SSSR count). The normalized spacial score (nSPS) is 12.6. The number of ether oxygens (including phenoxy) is 1. The van der Waals surface area contributed by atoms with Crippen LogP contribution in [0.25, 0.3) is 0 Å². The van der Waals surface area contributed by atoms with E-state index in [2.05, 4.69) is 19.2 Å². The van der Waals surface area contributed by atoms with Gasteiger partial charge in [0, 0.05) is 12.8 Å². The summed E-state index contributed by atoms with van der Waals surface area (Å²) in [7, 11) is 0. The molecule has 0 saturated carbocycles. The lowest BCUT2D eigenvalue weighted by atomic mass is 10.0. The number of esters is 1. The van der Waals surface area contributed by atoms with Gasteiger partial charge in [0.2, 0.25) is 5.91 Å². The summed E-state index contributed by atoms with van der Waals surface area (Å²) in [4.78, 5) is 24.5. The summed E-state index contributed by atoms with van der Waals surface area (Å²) in [5, 5.41) is 23.1. The fourth-order valence-corrected chi connectivity index (χ4v) is 8.75. The topological polar surface area (TPSA) is 95.9 Å². The quantitative estimate of drug-likeness (QED) is 0.0321. The smallest absolute Gasteiger partial charge is 0.305 e. The van der Waals surface area contributed by atoms with Crippen molar-refractivity contribution in [1.29, 1.82) is 0 Å². The number of amides is 1. The summed E-state index contributed by atoms with van der Waals surface area (Å²) in [5.74, 6) is -0.0880. The van der Waals surface area contributed by atoms with E-state index in [4.69, 9.17) is 4.74 Å². The number of carbonyl (C=O) groups excluding carboxylic acids is 2. The third-order valence-electron chi connectivity index (χ3n) is 13.1. The Balaban J connectivity index is 3.48. The lowest BCUT2D eigenvalue weighted by Gasteiger charge is -2.20. The second kappa shape index (κ2) is 52.2. The van der Waals surface area contributed by atoms with Crippen LogP contribution in [0.1, 0.15) is 309 Å². The molecule has 2 unspecified atom stereocenters. The maximum atomic E-state index is 12.5. The van der Waals surface area contributed by atoms with Crippen molar-refractivity contribution in [2.75, 3.05) is 13.2 Å². The Morgan fingerprint density at radius 1 is 0.435 bits per heavy atom. The maximum Gasteiger partial charge on any atom is 0.305 e. The van der Waals surface area contributed by atoms with Gasteiger partial charge in [-0.3, -0.25) is 9.59 Å². The fourth-order valence-electron chi connectivity index (χ4n) is 8.75. The summed E-state index contributed by atoms with van der Waals surface area (Å²) in [6.45, 7) is 4.89. The molecule has 0 bridgehead atoms. The molecule has 368 valence electrons. The number of aliphatic hydroxyl groups is 2. The molecule has 0 aliphatic heterocycles. The van der Waals surface area contributed by atoms with Gasteiger partial charge in [0.05, 0.1) is 25.4 Å². The van der Waals surface area contributed by atoms with Crippen LogP contribution in [0.4, 0.5) is 0 Å². The van der Waals surface area contributed by atoms with E-state index in [1.54, 1.807) is 6.08 Å². The highest BCUT2D eigenvalue weighted by atomic mass is 16.5. The summed E-state index contributed by atoms with van der Waals surface area (Å²) in [6, 6.07) is -0.638. The molecular weight excluding hydrogens is 767 g/mol. The van der Waals surface area contributed by atoms with Gasteiger partial charge in [-0.15, -0.1) is 0 Å². The van der Waals surface area contributed by atoms with Crippen LogP contribution < -0.4 is 5.32 Å². The first-order chi connectivity index (χ1) is 30.5. The number of hydrogen-bond acceptors (Lipinski definition) is 5. The SMILES string of the molecule is CCCCCCCCCCCCCCCCCC/C=C/C(O)C(CO)NC(=O)CCCCCCCCCCCCCCOC(=O)CCCCCCCCCCCCCCCCC. The first-order valence-corrected chi connectivity index (χ1v) is 28.0. The molecule has 3 N–H and O–H groups in total. The van der Waals surface area contributed by atoms with Crippen LogP contribution >= 0.6 is 0 Å². The number of rotatable bonds is 52. The molecule has 0 spiro atoms. The van der Waals surface area contributed by atoms with E-state index in [1.807, 2.05) is 6.08 Å². The summed E-state index contributed by atoms with van der Waals surface area (Å²) in [6.07, 6.45) is 60.7. The zero-order chi connectivity index (χ0) is 45.1. The molecule has 0 heterocycles. The molecule has 0 aliphatic rings. The predicted octanol–water partition coefficient (Wildman–Crippen LogP) is 16.9. The van der Waals surface area contributed by atoms with Crippen LogP contribution in [-0.4, -0.2) is 47.4 Å². The van der Waals surface area contributed by atoms with Crippen LogP contribution in [0.3, 0.4) is 0 Å². The zero-order valence-electron chi connectivity index (χ0n) is 41.9. The molecule has 6 nitrogen and oxygen atoms in total. The van der Waals surface area contributed by atoms with Crippen LogP contribution in [0, 0.1) is 0 Å². The Morgan fingerprint density at radius 3 is 1.10 bits per heavy atom. The van der Waals surface area contributed by atoms with Crippen LogP contribution in [0.2, 0.25) is 0 Å². The van der Waals surface area contributed by atoms with Crippen molar-refractivity contribution in [2.45, 2.75) is 321 Å². The van der Waals surface area contributed by atoms with E-state index in [9.17, 15) is 19.8 Å². The molecule has 2 atom stereocenters. The highest BCUT2D eigenvalue weighted by molar-refractivity contribution is 5.76. The molecule has 0 radical (unpaired) electrons. The molecule has 0 fully saturated rings. The van der Waals surface area contributed by atoms with Gasteiger partial charge in [-0.2, -0.15) is 0 Å². The second-order valence-corrected chi connectivity index (χ2v) is 19.3. The van der Waals surface area contributed by atoms with Gasteiger partial charge >= 0.3 is 5.97 Å². The first-order valence-electron chi connectivity index (χ1n) is 28.0. The highest BCUT2D eigenvalue weighted by Gasteiger charge is 2.18. The Kier molecular flexibility index (Phi) is 51.0. The summed E-state index contributed by atoms with van der Waals surface area (Å²) < 4.78 is 5.47. The van der Waals surface area contributed by atoms with Crippen molar-refractivity contribution in [3.63, 3.8) is 0 Å². The first kappa shape index (κ1) is 60.6. The van der Waals surface area contributed by atoms with Crippen molar-refractivity contribution in [1.82, 2.24) is 5.32 Å². The number of allylic oxidation sites excluding steroid dienone is 1. The van der Waals surface area contributed by atoms with E-state index in [0.29, 0.717) is 19.4 Å². The van der Waals surface area contributed by atoms with Gasteiger partial charge in [0.15, 0.2) is 0 Å². The minimum absolute atomic E-state index is 0.00731. The predicted molar refractivity (Wildman–Crippen MR) is 269 cm³/mol. The molecule has 0 saturated heterocycles.